The summed E-state index contributed by atoms with van der Waals surface area (Å²) in [5.74, 6) is 0. The van der Waals surface area contributed by atoms with Crippen LogP contribution in [0.15, 0.2) is 23.4 Å². The molecule has 2 heterocycles. The molecule has 1 N–H and O–H groups in total. The summed E-state index contributed by atoms with van der Waals surface area (Å²) in [6, 6.07) is 1.77. The first kappa shape index (κ1) is 15.3. The van der Waals surface area contributed by atoms with Crippen molar-refractivity contribution < 1.29 is 8.42 Å². The Morgan fingerprint density at radius 1 is 1.40 bits per heavy atom. The van der Waals surface area contributed by atoms with Crippen LogP contribution < -0.4 is 5.32 Å². The fourth-order valence-corrected chi connectivity index (χ4v) is 4.47. The Bertz CT molecular complexity index is 545. The molecule has 1 aromatic heterocycles. The summed E-state index contributed by atoms with van der Waals surface area (Å²) in [4.78, 5) is 4.28. The van der Waals surface area contributed by atoms with E-state index >= 15 is 0 Å². The molecule has 5 nitrogen and oxygen atoms in total. The van der Waals surface area contributed by atoms with Crippen LogP contribution in [0.5, 0.6) is 0 Å². The molecule has 112 valence electrons. The van der Waals surface area contributed by atoms with Crippen molar-refractivity contribution in [2.75, 3.05) is 18.4 Å². The third-order valence-corrected chi connectivity index (χ3v) is 5.77. The van der Waals surface area contributed by atoms with E-state index in [0.29, 0.717) is 18.8 Å². The second-order valence-corrected chi connectivity index (χ2v) is 7.08. The monoisotopic (exact) mass is 297 g/mol. The van der Waals surface area contributed by atoms with Gasteiger partial charge in [0.1, 0.15) is 4.90 Å². The van der Waals surface area contributed by atoms with Crippen molar-refractivity contribution in [2.45, 2.75) is 50.5 Å². The summed E-state index contributed by atoms with van der Waals surface area (Å²) in [5, 5.41) is 3.11. The normalized spacial score (nSPS) is 21.4. The number of sulfonamides is 1. The molecule has 0 saturated carbocycles. The molecule has 1 aliphatic rings. The smallest absolute Gasteiger partial charge is 0.246 e. The summed E-state index contributed by atoms with van der Waals surface area (Å²) in [6.07, 6.45) is 7.12. The van der Waals surface area contributed by atoms with E-state index in [-0.39, 0.29) is 10.9 Å². The van der Waals surface area contributed by atoms with Crippen molar-refractivity contribution in [3.8, 4) is 0 Å². The average molecular weight is 297 g/mol. The maximum Gasteiger partial charge on any atom is 0.246 e. The van der Waals surface area contributed by atoms with Crippen LogP contribution in [-0.4, -0.2) is 36.8 Å². The molecule has 1 fully saturated rings. The first-order chi connectivity index (χ1) is 9.57. The van der Waals surface area contributed by atoms with Crippen LogP contribution >= 0.6 is 0 Å². The van der Waals surface area contributed by atoms with E-state index in [1.54, 1.807) is 16.6 Å². The maximum absolute atomic E-state index is 12.9. The van der Waals surface area contributed by atoms with Crippen LogP contribution in [0.1, 0.15) is 39.5 Å². The summed E-state index contributed by atoms with van der Waals surface area (Å²) >= 11 is 0. The highest BCUT2D eigenvalue weighted by Gasteiger charge is 2.31. The minimum absolute atomic E-state index is 0.0529. The summed E-state index contributed by atoms with van der Waals surface area (Å²) < 4.78 is 27.4. The molecule has 0 aromatic carbocycles. The van der Waals surface area contributed by atoms with Gasteiger partial charge in [0, 0.05) is 31.5 Å². The van der Waals surface area contributed by atoms with Gasteiger partial charge in [-0.2, -0.15) is 4.31 Å². The second kappa shape index (κ2) is 6.54. The summed E-state index contributed by atoms with van der Waals surface area (Å²) in [6.45, 7) is 5.23. The molecule has 6 heteroatoms. The fraction of sp³-hybridized carbons (Fsp3) is 0.643. The Hall–Kier alpha value is -1.14. The lowest BCUT2D eigenvalue weighted by atomic mass is 10.1. The molecule has 1 atom stereocenters. The van der Waals surface area contributed by atoms with Gasteiger partial charge in [0.15, 0.2) is 0 Å². The molecule has 2 rings (SSSR count). The number of aromatic nitrogens is 1. The van der Waals surface area contributed by atoms with Gasteiger partial charge in [-0.25, -0.2) is 8.42 Å². The Kier molecular flexibility index (Phi) is 4.99. The summed E-state index contributed by atoms with van der Waals surface area (Å²) in [7, 11) is -3.48. The number of rotatable bonds is 4. The minimum atomic E-state index is -3.48. The molecule has 0 aliphatic carbocycles. The van der Waals surface area contributed by atoms with E-state index in [9.17, 15) is 8.42 Å². The molecule has 1 unspecified atom stereocenters. The number of nitrogens with zero attached hydrogens (tertiary/aromatic N) is 2. The molecule has 0 amide bonds. The van der Waals surface area contributed by atoms with Crippen LogP contribution in [0, 0.1) is 0 Å². The Morgan fingerprint density at radius 2 is 2.20 bits per heavy atom. The van der Waals surface area contributed by atoms with E-state index in [2.05, 4.69) is 10.3 Å². The van der Waals surface area contributed by atoms with Crippen molar-refractivity contribution in [3.63, 3.8) is 0 Å². The van der Waals surface area contributed by atoms with Crippen molar-refractivity contribution in [1.29, 1.82) is 0 Å². The van der Waals surface area contributed by atoms with Crippen molar-refractivity contribution in [2.24, 2.45) is 0 Å². The lowest BCUT2D eigenvalue weighted by molar-refractivity contribution is 0.342. The van der Waals surface area contributed by atoms with E-state index in [4.69, 9.17) is 0 Å². The quantitative estimate of drug-likeness (QED) is 0.927. The van der Waals surface area contributed by atoms with Gasteiger partial charge in [-0.3, -0.25) is 4.98 Å². The second-order valence-electron chi connectivity index (χ2n) is 5.22. The lowest BCUT2D eigenvalue weighted by Crippen LogP contribution is -2.38. The van der Waals surface area contributed by atoms with Gasteiger partial charge < -0.3 is 5.32 Å². The Labute approximate surface area is 121 Å². The van der Waals surface area contributed by atoms with Gasteiger partial charge >= 0.3 is 0 Å². The Morgan fingerprint density at radius 3 is 2.95 bits per heavy atom. The van der Waals surface area contributed by atoms with E-state index < -0.39 is 10.0 Å². The van der Waals surface area contributed by atoms with Crippen LogP contribution in [-0.2, 0) is 10.0 Å². The van der Waals surface area contributed by atoms with Gasteiger partial charge in [0.2, 0.25) is 10.0 Å². The van der Waals surface area contributed by atoms with Crippen molar-refractivity contribution >= 4 is 15.7 Å². The molecular weight excluding hydrogens is 274 g/mol. The van der Waals surface area contributed by atoms with Gasteiger partial charge in [0.25, 0.3) is 0 Å². The molecule has 0 radical (unpaired) electrons. The van der Waals surface area contributed by atoms with Crippen LogP contribution in [0.3, 0.4) is 0 Å². The average Bonchev–Trinajstić information content (AvgIpc) is 2.64. The molecule has 1 saturated heterocycles. The zero-order valence-electron chi connectivity index (χ0n) is 12.2. The summed E-state index contributed by atoms with van der Waals surface area (Å²) in [5.41, 5.74) is 0.638. The predicted octanol–water partition coefficient (Wildman–Crippen LogP) is 2.47. The third kappa shape index (κ3) is 3.12. The highest BCUT2D eigenvalue weighted by molar-refractivity contribution is 7.89. The minimum Gasteiger partial charge on any atom is -0.384 e. The molecule has 0 bridgehead atoms. The molecular formula is C14H23N3O2S. The van der Waals surface area contributed by atoms with Gasteiger partial charge in [-0.1, -0.05) is 12.8 Å². The van der Waals surface area contributed by atoms with Crippen LogP contribution in [0.25, 0.3) is 0 Å². The highest BCUT2D eigenvalue weighted by atomic mass is 32.2. The zero-order valence-corrected chi connectivity index (χ0v) is 13.0. The maximum atomic E-state index is 12.9. The highest BCUT2D eigenvalue weighted by Crippen LogP contribution is 2.28. The van der Waals surface area contributed by atoms with Crippen LogP contribution in [0.4, 0.5) is 5.69 Å². The van der Waals surface area contributed by atoms with Gasteiger partial charge in [-0.15, -0.1) is 0 Å². The van der Waals surface area contributed by atoms with E-state index in [0.717, 1.165) is 25.7 Å². The van der Waals surface area contributed by atoms with E-state index in [1.165, 1.54) is 6.20 Å². The number of hydrogen-bond acceptors (Lipinski definition) is 4. The number of nitrogens with one attached hydrogen (secondary N) is 1. The number of pyridine rings is 1. The standard InChI is InChI=1S/C14H23N3O2S/c1-3-16-13-8-9-15-11-14(13)20(18,19)17-10-6-4-5-7-12(17)2/h8-9,11-12H,3-7,10H2,1-2H3,(H,15,16). The largest absolute Gasteiger partial charge is 0.384 e. The molecule has 1 aliphatic heterocycles. The SMILES string of the molecule is CCNc1ccncc1S(=O)(=O)N1CCCCCC1C. The van der Waals surface area contributed by atoms with E-state index in [1.807, 2.05) is 13.8 Å². The van der Waals surface area contributed by atoms with Gasteiger partial charge in [0.05, 0.1) is 5.69 Å². The topological polar surface area (TPSA) is 62.3 Å². The number of hydrogen-bond donors (Lipinski definition) is 1. The fourth-order valence-electron chi connectivity index (χ4n) is 2.65. The zero-order chi connectivity index (χ0) is 14.6. The predicted molar refractivity (Wildman–Crippen MR) is 80.2 cm³/mol. The van der Waals surface area contributed by atoms with Crippen molar-refractivity contribution in [3.05, 3.63) is 18.5 Å². The third-order valence-electron chi connectivity index (χ3n) is 3.73. The Balaban J connectivity index is 2.38. The molecule has 1 aromatic rings. The first-order valence-electron chi connectivity index (χ1n) is 7.27. The molecule has 0 spiro atoms. The lowest BCUT2D eigenvalue weighted by Gasteiger charge is -2.27. The first-order valence-corrected chi connectivity index (χ1v) is 8.71. The molecule has 20 heavy (non-hydrogen) atoms. The van der Waals surface area contributed by atoms with Gasteiger partial charge in [-0.05, 0) is 32.8 Å². The number of anilines is 1. The van der Waals surface area contributed by atoms with Crippen molar-refractivity contribution in [1.82, 2.24) is 9.29 Å². The van der Waals surface area contributed by atoms with Crippen LogP contribution in [0.2, 0.25) is 0 Å².